The number of carbonyl (C=O) groups excluding carboxylic acids is 1. The second-order valence-electron chi connectivity index (χ2n) is 6.77. The first-order valence-corrected chi connectivity index (χ1v) is 10.9. The van der Waals surface area contributed by atoms with E-state index in [1.165, 1.54) is 18.2 Å². The van der Waals surface area contributed by atoms with Gasteiger partial charge in [-0.2, -0.15) is 13.1 Å². The van der Waals surface area contributed by atoms with E-state index in [0.717, 1.165) is 16.4 Å². The lowest BCUT2D eigenvalue weighted by molar-refractivity contribution is -0.120. The lowest BCUT2D eigenvalue weighted by atomic mass is 9.97. The minimum Gasteiger partial charge on any atom is -0.433 e. The molecule has 2 aromatic carbocycles. The molecular formula is C19H17ClF4N2O4S. The number of anilines is 1. The molecule has 1 amide bonds. The molecule has 0 aliphatic carbocycles. The second kappa shape index (κ2) is 9.41. The molecule has 0 saturated carbocycles. The Hall–Kier alpha value is -2.37. The molecule has 0 bridgehead atoms. The second-order valence-corrected chi connectivity index (χ2v) is 9.11. The number of ether oxygens (including phenoxy) is 1. The van der Waals surface area contributed by atoms with Crippen LogP contribution in [0, 0.1) is 17.6 Å². The van der Waals surface area contributed by atoms with Crippen LogP contribution in [0.5, 0.6) is 5.75 Å². The van der Waals surface area contributed by atoms with Gasteiger partial charge in [-0.25, -0.2) is 17.2 Å². The molecule has 1 fully saturated rings. The van der Waals surface area contributed by atoms with Crippen LogP contribution < -0.4 is 10.1 Å². The summed E-state index contributed by atoms with van der Waals surface area (Å²) in [6.45, 7) is -3.01. The van der Waals surface area contributed by atoms with Crippen LogP contribution in [-0.2, 0) is 14.8 Å². The van der Waals surface area contributed by atoms with Gasteiger partial charge in [0.1, 0.15) is 5.75 Å². The fourth-order valence-electron chi connectivity index (χ4n) is 3.16. The average Bonchev–Trinajstić information content (AvgIpc) is 2.71. The van der Waals surface area contributed by atoms with E-state index >= 15 is 0 Å². The molecule has 1 aliphatic heterocycles. The SMILES string of the molecule is O=C(Nc1ccc(OC(F)F)c(Cl)c1)C1CCN(S(=O)(=O)c2ccc(F)c(F)c2)CC1. The third kappa shape index (κ3) is 5.46. The lowest BCUT2D eigenvalue weighted by Gasteiger charge is -2.30. The zero-order chi connectivity index (χ0) is 22.8. The number of benzene rings is 2. The summed E-state index contributed by atoms with van der Waals surface area (Å²) in [4.78, 5) is 12.1. The summed E-state index contributed by atoms with van der Waals surface area (Å²) in [5.41, 5.74) is 0.272. The Morgan fingerprint density at radius 2 is 1.77 bits per heavy atom. The van der Waals surface area contributed by atoms with Crippen LogP contribution in [0.25, 0.3) is 0 Å². The maximum atomic E-state index is 13.4. The molecule has 1 saturated heterocycles. The summed E-state index contributed by atoms with van der Waals surface area (Å²) in [6.07, 6.45) is 0.407. The van der Waals surface area contributed by atoms with Crippen molar-refractivity contribution in [3.8, 4) is 5.75 Å². The largest absolute Gasteiger partial charge is 0.433 e. The Morgan fingerprint density at radius 1 is 1.10 bits per heavy atom. The van der Waals surface area contributed by atoms with Gasteiger partial charge < -0.3 is 10.1 Å². The normalized spacial score (nSPS) is 15.8. The summed E-state index contributed by atoms with van der Waals surface area (Å²) in [7, 11) is -4.03. The van der Waals surface area contributed by atoms with Crippen molar-refractivity contribution in [1.29, 1.82) is 0 Å². The average molecular weight is 481 g/mol. The predicted octanol–water partition coefficient (Wildman–Crippen LogP) is 4.26. The maximum Gasteiger partial charge on any atom is 0.387 e. The molecule has 2 aromatic rings. The Labute approximate surface area is 180 Å². The van der Waals surface area contributed by atoms with Gasteiger partial charge >= 0.3 is 6.61 Å². The molecule has 0 spiro atoms. The molecule has 0 atom stereocenters. The number of piperidine rings is 1. The first-order chi connectivity index (χ1) is 14.6. The van der Waals surface area contributed by atoms with Crippen molar-refractivity contribution >= 4 is 33.2 Å². The molecule has 0 aromatic heterocycles. The first-order valence-electron chi connectivity index (χ1n) is 9.08. The van der Waals surface area contributed by atoms with Crippen molar-refractivity contribution in [3.63, 3.8) is 0 Å². The Kier molecular flexibility index (Phi) is 7.07. The Morgan fingerprint density at radius 3 is 2.35 bits per heavy atom. The lowest BCUT2D eigenvalue weighted by Crippen LogP contribution is -2.41. The molecule has 3 rings (SSSR count). The summed E-state index contributed by atoms with van der Waals surface area (Å²) in [6, 6.07) is 6.16. The summed E-state index contributed by atoms with van der Waals surface area (Å²) in [5, 5.41) is 2.50. The van der Waals surface area contributed by atoms with Crippen LogP contribution in [0.1, 0.15) is 12.8 Å². The highest BCUT2D eigenvalue weighted by molar-refractivity contribution is 7.89. The smallest absolute Gasteiger partial charge is 0.387 e. The molecule has 1 N–H and O–H groups in total. The molecular weight excluding hydrogens is 464 g/mol. The molecule has 1 heterocycles. The highest BCUT2D eigenvalue weighted by atomic mass is 35.5. The minimum atomic E-state index is -4.03. The van der Waals surface area contributed by atoms with Gasteiger partial charge in [0.2, 0.25) is 15.9 Å². The van der Waals surface area contributed by atoms with Crippen LogP contribution >= 0.6 is 11.6 Å². The number of nitrogens with one attached hydrogen (secondary N) is 1. The van der Waals surface area contributed by atoms with Crippen LogP contribution in [0.15, 0.2) is 41.3 Å². The van der Waals surface area contributed by atoms with E-state index in [4.69, 9.17) is 11.6 Å². The monoisotopic (exact) mass is 480 g/mol. The van der Waals surface area contributed by atoms with Crippen LogP contribution in [0.3, 0.4) is 0 Å². The van der Waals surface area contributed by atoms with Crippen molar-refractivity contribution in [2.45, 2.75) is 24.3 Å². The van der Waals surface area contributed by atoms with E-state index in [-0.39, 0.29) is 53.2 Å². The topological polar surface area (TPSA) is 75.7 Å². The first kappa shape index (κ1) is 23.3. The number of sulfonamides is 1. The van der Waals surface area contributed by atoms with Gasteiger partial charge in [0.05, 0.1) is 9.92 Å². The fourth-order valence-corrected chi connectivity index (χ4v) is 4.87. The number of carbonyl (C=O) groups is 1. The van der Waals surface area contributed by atoms with Crippen molar-refractivity contribution < 1.29 is 35.5 Å². The quantitative estimate of drug-likeness (QED) is 0.627. The third-order valence-electron chi connectivity index (χ3n) is 4.77. The number of rotatable bonds is 6. The van der Waals surface area contributed by atoms with E-state index in [1.807, 2.05) is 0 Å². The van der Waals surface area contributed by atoms with Crippen molar-refractivity contribution in [1.82, 2.24) is 4.31 Å². The standard InChI is InChI=1S/C19H17ClF4N2O4S/c20-14-9-12(1-4-17(14)30-19(23)24)25-18(27)11-5-7-26(8-6-11)31(28,29)13-2-3-15(21)16(22)10-13/h1-4,9-11,19H,5-8H2,(H,25,27). The van der Waals surface area contributed by atoms with E-state index < -0.39 is 34.2 Å². The van der Waals surface area contributed by atoms with Gasteiger partial charge in [-0.15, -0.1) is 0 Å². The molecule has 12 heteroatoms. The van der Waals surface area contributed by atoms with Gasteiger partial charge in [0.15, 0.2) is 11.6 Å². The van der Waals surface area contributed by atoms with E-state index in [1.54, 1.807) is 0 Å². The summed E-state index contributed by atoms with van der Waals surface area (Å²) in [5.74, 6) is -3.54. The Bertz CT molecular complexity index is 1080. The predicted molar refractivity (Wildman–Crippen MR) is 105 cm³/mol. The van der Waals surface area contributed by atoms with Crippen LogP contribution in [-0.4, -0.2) is 38.3 Å². The highest BCUT2D eigenvalue weighted by Gasteiger charge is 2.32. The van der Waals surface area contributed by atoms with Crippen molar-refractivity contribution in [3.05, 3.63) is 53.1 Å². The van der Waals surface area contributed by atoms with Crippen molar-refractivity contribution in [2.24, 2.45) is 5.92 Å². The van der Waals surface area contributed by atoms with E-state index in [2.05, 4.69) is 10.1 Å². The van der Waals surface area contributed by atoms with E-state index in [9.17, 15) is 30.8 Å². The van der Waals surface area contributed by atoms with E-state index in [0.29, 0.717) is 6.07 Å². The fraction of sp³-hybridized carbons (Fsp3) is 0.316. The minimum absolute atomic E-state index is 0.0152. The molecule has 0 unspecified atom stereocenters. The number of hydrogen-bond acceptors (Lipinski definition) is 4. The number of alkyl halides is 2. The number of nitrogens with zero attached hydrogens (tertiary/aromatic N) is 1. The Balaban J connectivity index is 1.61. The highest BCUT2D eigenvalue weighted by Crippen LogP contribution is 2.30. The van der Waals surface area contributed by atoms with Gasteiger partial charge in [-0.05, 0) is 49.2 Å². The number of halogens is 5. The molecule has 31 heavy (non-hydrogen) atoms. The molecule has 1 aliphatic rings. The zero-order valence-electron chi connectivity index (χ0n) is 15.8. The van der Waals surface area contributed by atoms with Gasteiger partial charge in [-0.1, -0.05) is 11.6 Å². The molecule has 6 nitrogen and oxygen atoms in total. The van der Waals surface area contributed by atoms with Gasteiger partial charge in [-0.3, -0.25) is 4.79 Å². The molecule has 0 radical (unpaired) electrons. The van der Waals surface area contributed by atoms with Gasteiger partial charge in [0, 0.05) is 24.7 Å². The number of amides is 1. The van der Waals surface area contributed by atoms with Crippen LogP contribution in [0.2, 0.25) is 5.02 Å². The van der Waals surface area contributed by atoms with Crippen LogP contribution in [0.4, 0.5) is 23.2 Å². The summed E-state index contributed by atoms with van der Waals surface area (Å²) < 4.78 is 81.6. The summed E-state index contributed by atoms with van der Waals surface area (Å²) >= 11 is 5.86. The number of hydrogen-bond donors (Lipinski definition) is 1. The zero-order valence-corrected chi connectivity index (χ0v) is 17.4. The van der Waals surface area contributed by atoms with Gasteiger partial charge in [0.25, 0.3) is 0 Å². The third-order valence-corrected chi connectivity index (χ3v) is 6.96. The molecule has 168 valence electrons. The maximum absolute atomic E-state index is 13.4. The van der Waals surface area contributed by atoms with Crippen molar-refractivity contribution in [2.75, 3.05) is 18.4 Å².